The van der Waals surface area contributed by atoms with Crippen molar-refractivity contribution in [3.63, 3.8) is 0 Å². The first kappa shape index (κ1) is 13.6. The van der Waals surface area contributed by atoms with Gasteiger partial charge in [0.05, 0.1) is 12.9 Å². The minimum absolute atomic E-state index is 0.430. The van der Waals surface area contributed by atoms with Crippen LogP contribution in [-0.2, 0) is 9.47 Å². The molecule has 0 fully saturated rings. The van der Waals surface area contributed by atoms with Crippen molar-refractivity contribution in [1.29, 1.82) is 0 Å². The van der Waals surface area contributed by atoms with Gasteiger partial charge in [-0.05, 0) is 25.6 Å². The Bertz CT molecular complexity index is 155. The molecule has 0 aliphatic carbocycles. The molecule has 0 spiro atoms. The zero-order valence-corrected chi connectivity index (χ0v) is 9.90. The van der Waals surface area contributed by atoms with Gasteiger partial charge in [-0.25, -0.2) is 0 Å². The molecule has 84 valence electrons. The number of rotatable bonds is 8. The third kappa shape index (κ3) is 9.72. The number of ether oxygens (including phenoxy) is 2. The molecule has 0 saturated heterocycles. The molecule has 0 heterocycles. The van der Waals surface area contributed by atoms with Crippen molar-refractivity contribution in [3.05, 3.63) is 12.8 Å². The zero-order valence-electron chi connectivity index (χ0n) is 8.90. The van der Waals surface area contributed by atoms with Gasteiger partial charge in [-0.1, -0.05) is 13.0 Å². The predicted molar refractivity (Wildman–Crippen MR) is 57.0 cm³/mol. The van der Waals surface area contributed by atoms with Gasteiger partial charge in [0.1, 0.15) is 0 Å². The molecule has 5 heteroatoms. The summed E-state index contributed by atoms with van der Waals surface area (Å²) < 4.78 is 9.44. The molecule has 0 saturated carbocycles. The van der Waals surface area contributed by atoms with Crippen LogP contribution in [0.25, 0.3) is 0 Å². The summed E-state index contributed by atoms with van der Waals surface area (Å²) in [5, 5.41) is 8.95. The highest BCUT2D eigenvalue weighted by molar-refractivity contribution is 6.69. The standard InChI is InChI=1S/C9H20O4Si/c1-4-12-9(10)13-7-5-6-8-14(2,3)11/h4,9-11H,1,5-8H2,2-3H3. The second kappa shape index (κ2) is 7.00. The average molecular weight is 220 g/mol. The maximum atomic E-state index is 9.52. The van der Waals surface area contributed by atoms with Crippen LogP contribution in [0.4, 0.5) is 0 Å². The lowest BCUT2D eigenvalue weighted by molar-refractivity contribution is -0.237. The molecular weight excluding hydrogens is 200 g/mol. The van der Waals surface area contributed by atoms with E-state index in [1.165, 1.54) is 0 Å². The van der Waals surface area contributed by atoms with Gasteiger partial charge in [0.25, 0.3) is 0 Å². The van der Waals surface area contributed by atoms with E-state index in [4.69, 9.17) is 9.84 Å². The van der Waals surface area contributed by atoms with E-state index in [0.717, 1.165) is 25.1 Å². The van der Waals surface area contributed by atoms with E-state index in [1.54, 1.807) is 0 Å². The van der Waals surface area contributed by atoms with E-state index in [2.05, 4.69) is 11.3 Å². The minimum atomic E-state index is -1.92. The summed E-state index contributed by atoms with van der Waals surface area (Å²) in [6.45, 7) is 6.31. The maximum absolute atomic E-state index is 9.52. The van der Waals surface area contributed by atoms with E-state index >= 15 is 0 Å². The molecule has 0 aromatic rings. The fourth-order valence-electron chi connectivity index (χ4n) is 0.965. The lowest BCUT2D eigenvalue weighted by atomic mass is 10.4. The van der Waals surface area contributed by atoms with Crippen molar-refractivity contribution in [2.45, 2.75) is 38.5 Å². The van der Waals surface area contributed by atoms with Crippen molar-refractivity contribution < 1.29 is 19.4 Å². The first-order valence-corrected chi connectivity index (χ1v) is 7.89. The number of hydrogen-bond donors (Lipinski definition) is 2. The molecule has 0 aliphatic rings. The summed E-state index contributed by atoms with van der Waals surface area (Å²) in [6, 6.07) is 0.856. The Morgan fingerprint density at radius 2 is 2.07 bits per heavy atom. The summed E-state index contributed by atoms with van der Waals surface area (Å²) in [7, 11) is -1.92. The topological polar surface area (TPSA) is 58.9 Å². The normalized spacial score (nSPS) is 13.7. The third-order valence-corrected chi connectivity index (χ3v) is 3.23. The van der Waals surface area contributed by atoms with Gasteiger partial charge in [0, 0.05) is 0 Å². The predicted octanol–water partition coefficient (Wildman–Crippen LogP) is 1.42. The number of hydrogen-bond acceptors (Lipinski definition) is 4. The summed E-state index contributed by atoms with van der Waals surface area (Å²) in [5.74, 6) is 0. The van der Waals surface area contributed by atoms with Crippen LogP contribution < -0.4 is 0 Å². The molecule has 0 amide bonds. The van der Waals surface area contributed by atoms with Gasteiger partial charge in [-0.3, -0.25) is 0 Å². The fraction of sp³-hybridized carbons (Fsp3) is 0.778. The number of aliphatic hydroxyl groups excluding tert-OH is 1. The molecule has 1 atom stereocenters. The third-order valence-electron chi connectivity index (χ3n) is 1.66. The summed E-state index contributed by atoms with van der Waals surface area (Å²) in [6.07, 6.45) is 2.86. The van der Waals surface area contributed by atoms with E-state index < -0.39 is 14.8 Å². The van der Waals surface area contributed by atoms with Crippen molar-refractivity contribution in [2.75, 3.05) is 6.61 Å². The first-order chi connectivity index (χ1) is 6.45. The van der Waals surface area contributed by atoms with E-state index in [1.807, 2.05) is 13.1 Å². The van der Waals surface area contributed by atoms with Crippen molar-refractivity contribution in [3.8, 4) is 0 Å². The van der Waals surface area contributed by atoms with Crippen molar-refractivity contribution >= 4 is 8.32 Å². The van der Waals surface area contributed by atoms with Crippen LogP contribution in [-0.4, -0.2) is 31.3 Å². The van der Waals surface area contributed by atoms with E-state index in [-0.39, 0.29) is 0 Å². The monoisotopic (exact) mass is 220 g/mol. The van der Waals surface area contributed by atoms with Gasteiger partial charge in [0.15, 0.2) is 8.32 Å². The van der Waals surface area contributed by atoms with Gasteiger partial charge in [0.2, 0.25) is 0 Å². The van der Waals surface area contributed by atoms with Crippen LogP contribution in [0.5, 0.6) is 0 Å². The van der Waals surface area contributed by atoms with Crippen LogP contribution in [0.2, 0.25) is 19.1 Å². The molecule has 14 heavy (non-hydrogen) atoms. The van der Waals surface area contributed by atoms with E-state index in [9.17, 15) is 4.80 Å². The number of aliphatic hydroxyl groups is 1. The largest absolute Gasteiger partial charge is 0.450 e. The van der Waals surface area contributed by atoms with Crippen LogP contribution in [0.15, 0.2) is 12.8 Å². The molecule has 0 bridgehead atoms. The Balaban J connectivity index is 3.25. The van der Waals surface area contributed by atoms with Crippen molar-refractivity contribution in [2.24, 2.45) is 0 Å². The summed E-state index contributed by atoms with van der Waals surface area (Å²) in [5.41, 5.74) is 0. The summed E-state index contributed by atoms with van der Waals surface area (Å²) >= 11 is 0. The van der Waals surface area contributed by atoms with Gasteiger partial charge in [-0.15, -0.1) is 0 Å². The second-order valence-electron chi connectivity index (χ2n) is 3.75. The van der Waals surface area contributed by atoms with Crippen LogP contribution in [0.1, 0.15) is 12.8 Å². The Morgan fingerprint density at radius 1 is 1.43 bits per heavy atom. The summed E-state index contributed by atoms with van der Waals surface area (Å²) in [4.78, 5) is 9.52. The fourth-order valence-corrected chi connectivity index (χ4v) is 2.08. The molecule has 0 rings (SSSR count). The van der Waals surface area contributed by atoms with Gasteiger partial charge >= 0.3 is 6.48 Å². The van der Waals surface area contributed by atoms with Gasteiger partial charge < -0.3 is 19.4 Å². The lowest BCUT2D eigenvalue weighted by Crippen LogP contribution is -2.24. The Morgan fingerprint density at radius 3 is 2.57 bits per heavy atom. The maximum Gasteiger partial charge on any atom is 0.312 e. The average Bonchev–Trinajstić information content (AvgIpc) is 2.02. The molecular formula is C9H20O4Si. The van der Waals surface area contributed by atoms with Crippen LogP contribution in [0, 0.1) is 0 Å². The Kier molecular flexibility index (Phi) is 6.82. The molecule has 0 aromatic carbocycles. The second-order valence-corrected chi connectivity index (χ2v) is 7.87. The molecule has 0 radical (unpaired) electrons. The molecule has 4 nitrogen and oxygen atoms in total. The van der Waals surface area contributed by atoms with Crippen molar-refractivity contribution in [1.82, 2.24) is 0 Å². The Hall–Kier alpha value is -0.363. The molecule has 0 aromatic heterocycles. The number of unbranched alkanes of at least 4 members (excludes halogenated alkanes) is 1. The van der Waals surface area contributed by atoms with Crippen LogP contribution >= 0.6 is 0 Å². The molecule has 2 N–H and O–H groups in total. The highest BCUT2D eigenvalue weighted by atomic mass is 28.4. The van der Waals surface area contributed by atoms with Gasteiger partial charge in [-0.2, -0.15) is 0 Å². The zero-order chi connectivity index (χ0) is 11.0. The highest BCUT2D eigenvalue weighted by Gasteiger charge is 2.15. The highest BCUT2D eigenvalue weighted by Crippen LogP contribution is 2.09. The molecule has 0 aliphatic heterocycles. The SMILES string of the molecule is C=COC(O)OCCCC[Si](C)(C)O. The van der Waals surface area contributed by atoms with Crippen LogP contribution in [0.3, 0.4) is 0 Å². The first-order valence-electron chi connectivity index (χ1n) is 4.74. The smallest absolute Gasteiger partial charge is 0.312 e. The minimum Gasteiger partial charge on any atom is -0.450 e. The Labute approximate surface area is 86.3 Å². The molecule has 1 unspecified atom stereocenters. The quantitative estimate of drug-likeness (QED) is 0.281. The lowest BCUT2D eigenvalue weighted by Gasteiger charge is -2.14. The van der Waals surface area contributed by atoms with E-state index in [0.29, 0.717) is 6.61 Å².